The molecule has 0 radical (unpaired) electrons. The quantitative estimate of drug-likeness (QED) is 0.102. The van der Waals surface area contributed by atoms with Crippen molar-refractivity contribution in [3.8, 4) is 34.3 Å². The van der Waals surface area contributed by atoms with E-state index in [1.54, 1.807) is 57.4 Å². The number of imidazole rings is 2. The third-order valence-electron chi connectivity index (χ3n) is 9.86. The van der Waals surface area contributed by atoms with E-state index in [0.29, 0.717) is 83.5 Å². The van der Waals surface area contributed by atoms with Crippen LogP contribution in [0.4, 0.5) is 0 Å². The Morgan fingerprint density at radius 3 is 1.51 bits per heavy atom. The number of rotatable bonds is 14. The number of benzene rings is 4. The number of carbonyl (C=O) groups excluding carboxylic acids is 4. The number of amides is 2. The van der Waals surface area contributed by atoms with Crippen molar-refractivity contribution in [3.05, 3.63) is 93.7 Å². The molecule has 4 aromatic carbocycles. The fourth-order valence-corrected chi connectivity index (χ4v) is 9.61. The molecule has 4 N–H and O–H groups in total. The highest BCUT2D eigenvalue weighted by atomic mass is 32.1. The zero-order valence-electron chi connectivity index (χ0n) is 32.5. The molecule has 0 atom stereocenters. The molecule has 0 aliphatic carbocycles. The average molecular weight is 831 g/mol. The maximum atomic E-state index is 13.7. The predicted molar refractivity (Wildman–Crippen MR) is 228 cm³/mol. The van der Waals surface area contributed by atoms with Gasteiger partial charge in [0.25, 0.3) is 0 Å². The van der Waals surface area contributed by atoms with Gasteiger partial charge in [-0.15, -0.1) is 22.7 Å². The third-order valence-corrected chi connectivity index (χ3v) is 12.1. The molecule has 59 heavy (non-hydrogen) atoms. The highest BCUT2D eigenvalue weighted by Gasteiger charge is 2.30. The number of aromatic nitrogens is 4. The van der Waals surface area contributed by atoms with Gasteiger partial charge in [0.1, 0.15) is 32.9 Å². The summed E-state index contributed by atoms with van der Waals surface area (Å²) < 4.78 is 28.6. The fraction of sp³-hybridized carbons (Fsp3) is 0.209. The molecular weight excluding hydrogens is 793 g/mol. The molecule has 0 aliphatic rings. The monoisotopic (exact) mass is 830 g/mol. The topological polar surface area (TPSA) is 193 Å². The fourth-order valence-electron chi connectivity index (χ4n) is 7.39. The van der Waals surface area contributed by atoms with Crippen LogP contribution in [0.25, 0.3) is 65.0 Å². The van der Waals surface area contributed by atoms with Gasteiger partial charge < -0.3 is 39.5 Å². The van der Waals surface area contributed by atoms with E-state index in [1.165, 1.54) is 22.7 Å². The Hall–Kier alpha value is -6.78. The first kappa shape index (κ1) is 39.1. The van der Waals surface area contributed by atoms with Crippen LogP contribution in [0.3, 0.4) is 0 Å². The van der Waals surface area contributed by atoms with Crippen molar-refractivity contribution >= 4 is 88.7 Å². The lowest BCUT2D eigenvalue weighted by atomic mass is 10.1. The van der Waals surface area contributed by atoms with Gasteiger partial charge in [-0.1, -0.05) is 12.1 Å². The summed E-state index contributed by atoms with van der Waals surface area (Å²) in [4.78, 5) is 63.0. The number of ether oxygens (including phenoxy) is 4. The number of hydrogen-bond donors (Lipinski definition) is 2. The van der Waals surface area contributed by atoms with Crippen LogP contribution in [-0.4, -0.2) is 69.8 Å². The SMILES string of the molecule is CCOC(=O)c1sc2cccc(OC)c2c1-c1nc2cc(C(N)=O)ccc2n1CCn1c(-c2c(C(=O)OCC)sc3cccc(OCC)c23)nc2cc(C(N)=O)ccc21. The third kappa shape index (κ3) is 6.79. The van der Waals surface area contributed by atoms with Crippen molar-refractivity contribution in [2.24, 2.45) is 11.5 Å². The molecule has 300 valence electrons. The van der Waals surface area contributed by atoms with Gasteiger partial charge in [0.2, 0.25) is 11.8 Å². The van der Waals surface area contributed by atoms with Crippen LogP contribution < -0.4 is 20.9 Å². The van der Waals surface area contributed by atoms with Crippen LogP contribution in [0.2, 0.25) is 0 Å². The zero-order valence-corrected chi connectivity index (χ0v) is 34.1. The number of fused-ring (bicyclic) bond motifs is 4. The van der Waals surface area contributed by atoms with Crippen LogP contribution in [0.5, 0.6) is 11.5 Å². The molecule has 0 saturated carbocycles. The molecule has 0 aliphatic heterocycles. The first-order chi connectivity index (χ1) is 28.6. The van der Waals surface area contributed by atoms with Gasteiger partial charge in [0.15, 0.2) is 0 Å². The predicted octanol–water partition coefficient (Wildman–Crippen LogP) is 7.81. The Morgan fingerprint density at radius 1 is 0.627 bits per heavy atom. The lowest BCUT2D eigenvalue weighted by Gasteiger charge is -2.15. The Balaban J connectivity index is 1.39. The maximum absolute atomic E-state index is 13.7. The van der Waals surface area contributed by atoms with E-state index in [4.69, 9.17) is 40.4 Å². The second-order valence-electron chi connectivity index (χ2n) is 13.3. The summed E-state index contributed by atoms with van der Waals surface area (Å²) in [5.74, 6) is -0.299. The number of thiophene rings is 2. The largest absolute Gasteiger partial charge is 0.496 e. The molecule has 16 heteroatoms. The van der Waals surface area contributed by atoms with Crippen LogP contribution >= 0.6 is 22.7 Å². The summed E-state index contributed by atoms with van der Waals surface area (Å²) >= 11 is 2.55. The molecule has 0 fully saturated rings. The maximum Gasteiger partial charge on any atom is 0.349 e. The van der Waals surface area contributed by atoms with Gasteiger partial charge >= 0.3 is 11.9 Å². The van der Waals surface area contributed by atoms with Crippen molar-refractivity contribution in [3.63, 3.8) is 0 Å². The van der Waals surface area contributed by atoms with Gasteiger partial charge in [-0.3, -0.25) is 9.59 Å². The molecule has 4 aromatic heterocycles. The van der Waals surface area contributed by atoms with Gasteiger partial charge in [-0.2, -0.15) is 0 Å². The molecule has 8 rings (SSSR count). The van der Waals surface area contributed by atoms with Crippen molar-refractivity contribution < 1.29 is 38.1 Å². The van der Waals surface area contributed by atoms with E-state index in [-0.39, 0.29) is 37.4 Å². The van der Waals surface area contributed by atoms with Crippen molar-refractivity contribution in [2.75, 3.05) is 26.9 Å². The van der Waals surface area contributed by atoms with E-state index >= 15 is 0 Å². The number of primary amides is 2. The summed E-state index contributed by atoms with van der Waals surface area (Å²) in [6.07, 6.45) is 0. The van der Waals surface area contributed by atoms with Crippen molar-refractivity contribution in [1.82, 2.24) is 19.1 Å². The molecule has 8 aromatic rings. The number of hydrogen-bond acceptors (Lipinski definition) is 12. The van der Waals surface area contributed by atoms with E-state index in [0.717, 1.165) is 9.40 Å². The molecular formula is C43H38N6O8S2. The van der Waals surface area contributed by atoms with Crippen LogP contribution in [0.1, 0.15) is 60.8 Å². The second kappa shape index (κ2) is 15.9. The number of esters is 2. The van der Waals surface area contributed by atoms with Gasteiger partial charge in [-0.05, 0) is 81.4 Å². The lowest BCUT2D eigenvalue weighted by molar-refractivity contribution is 0.0523. The minimum Gasteiger partial charge on any atom is -0.496 e. The number of aryl methyl sites for hydroxylation is 2. The molecule has 4 heterocycles. The summed E-state index contributed by atoms with van der Waals surface area (Å²) in [7, 11) is 1.56. The molecule has 14 nitrogen and oxygen atoms in total. The number of nitrogens with zero attached hydrogens (tertiary/aromatic N) is 4. The number of carbonyl (C=O) groups is 4. The van der Waals surface area contributed by atoms with Gasteiger partial charge in [-0.25, -0.2) is 19.6 Å². The van der Waals surface area contributed by atoms with E-state index in [2.05, 4.69) is 0 Å². The highest BCUT2D eigenvalue weighted by molar-refractivity contribution is 7.22. The molecule has 0 unspecified atom stereocenters. The highest BCUT2D eigenvalue weighted by Crippen LogP contribution is 2.46. The second-order valence-corrected chi connectivity index (χ2v) is 15.4. The van der Waals surface area contributed by atoms with E-state index in [1.807, 2.05) is 52.5 Å². The molecule has 0 spiro atoms. The van der Waals surface area contributed by atoms with Crippen LogP contribution in [0, 0.1) is 0 Å². The minimum atomic E-state index is -0.616. The Kier molecular flexibility index (Phi) is 10.5. The number of methoxy groups -OCH3 is 1. The van der Waals surface area contributed by atoms with Crippen LogP contribution in [-0.2, 0) is 22.6 Å². The normalized spacial score (nSPS) is 11.5. The Morgan fingerprint density at radius 2 is 1.08 bits per heavy atom. The van der Waals surface area contributed by atoms with E-state index < -0.39 is 23.8 Å². The summed E-state index contributed by atoms with van der Waals surface area (Å²) in [6.45, 7) is 6.55. The standard InChI is InChI=1S/C43H38N6O8S2/c1-5-55-29-11-9-13-31-33(29)35(37(59-31)43(53)57-7-3)41-47-25-21-23(39(45)51)15-17-27(25)49(41)19-18-48-26-16-14-22(38(44)50)20-24(26)46-40(48)34-32-28(54-4)10-8-12-30(32)58-36(34)42(52)56-6-2/h8-17,20-21H,5-7,18-19H2,1-4H3,(H2,44,50)(H2,45,51). The lowest BCUT2D eigenvalue weighted by Crippen LogP contribution is -2.13. The molecule has 0 saturated heterocycles. The minimum absolute atomic E-state index is 0.159. The Labute approximate surface area is 344 Å². The van der Waals surface area contributed by atoms with Gasteiger partial charge in [0.05, 0.1) is 60.1 Å². The smallest absolute Gasteiger partial charge is 0.349 e. The first-order valence-electron chi connectivity index (χ1n) is 18.8. The van der Waals surface area contributed by atoms with Crippen molar-refractivity contribution in [1.29, 1.82) is 0 Å². The molecule has 0 bridgehead atoms. The first-order valence-corrected chi connectivity index (χ1v) is 20.4. The number of nitrogens with two attached hydrogens (primary N) is 2. The van der Waals surface area contributed by atoms with Crippen LogP contribution in [0.15, 0.2) is 72.8 Å². The summed E-state index contributed by atoms with van der Waals surface area (Å²) in [5, 5.41) is 1.37. The van der Waals surface area contributed by atoms with Gasteiger partial charge in [0, 0.05) is 44.4 Å². The summed E-state index contributed by atoms with van der Waals surface area (Å²) in [5.41, 5.74) is 15.2. The average Bonchev–Trinajstić information content (AvgIpc) is 3.99. The molecule has 2 amide bonds. The zero-order chi connectivity index (χ0) is 41.5. The van der Waals surface area contributed by atoms with E-state index in [9.17, 15) is 19.2 Å². The van der Waals surface area contributed by atoms with Crippen molar-refractivity contribution in [2.45, 2.75) is 33.9 Å². The Bertz CT molecular complexity index is 3000. The summed E-state index contributed by atoms with van der Waals surface area (Å²) in [6, 6.07) is 21.3.